The van der Waals surface area contributed by atoms with Crippen LogP contribution in [0.3, 0.4) is 0 Å². The number of nitrogens with one attached hydrogen (secondary N) is 1. The van der Waals surface area contributed by atoms with Crippen molar-refractivity contribution in [2.45, 2.75) is 34.1 Å². The van der Waals surface area contributed by atoms with Gasteiger partial charge in [-0.25, -0.2) is 0 Å². The third-order valence-electron chi connectivity index (χ3n) is 1.41. The number of hydrogen-bond donors (Lipinski definition) is 1. The molecule has 0 aromatic heterocycles. The number of rotatable bonds is 4. The molecule has 10 heavy (non-hydrogen) atoms. The van der Waals surface area contributed by atoms with E-state index >= 15 is 0 Å². The summed E-state index contributed by atoms with van der Waals surface area (Å²) >= 11 is 0. The minimum Gasteiger partial charge on any atom is -0.310 e. The van der Waals surface area contributed by atoms with Crippen molar-refractivity contribution < 1.29 is 0 Å². The first kappa shape index (κ1) is 9.47. The predicted octanol–water partition coefficient (Wildman–Crippen LogP) is 2.02. The molecule has 60 valence electrons. The molecule has 0 aromatic carbocycles. The minimum absolute atomic E-state index is 0.573. The highest BCUT2D eigenvalue weighted by Crippen LogP contribution is 1.99. The van der Waals surface area contributed by atoms with E-state index in [0.717, 1.165) is 13.0 Å². The lowest BCUT2D eigenvalue weighted by Crippen LogP contribution is -2.13. The van der Waals surface area contributed by atoms with E-state index in [2.05, 4.69) is 38.2 Å². The van der Waals surface area contributed by atoms with Crippen LogP contribution in [0.5, 0.6) is 0 Å². The molecule has 0 radical (unpaired) electrons. The van der Waals surface area contributed by atoms with Crippen LogP contribution in [-0.4, -0.2) is 12.3 Å². The maximum Gasteiger partial charge on any atom is 0.0400 e. The van der Waals surface area contributed by atoms with Crippen molar-refractivity contribution in [2.24, 2.45) is 11.0 Å². The molecule has 0 aromatic rings. The number of hydrogen-bond acceptors (Lipinski definition) is 2. The summed E-state index contributed by atoms with van der Waals surface area (Å²) in [5, 5.41) is 4.23. The van der Waals surface area contributed by atoms with E-state index in [0.29, 0.717) is 5.92 Å². The van der Waals surface area contributed by atoms with Gasteiger partial charge in [0.2, 0.25) is 0 Å². The SMILES string of the molecule is CCN/N=C(\CC)C(C)C. The lowest BCUT2D eigenvalue weighted by atomic mass is 10.1. The summed E-state index contributed by atoms with van der Waals surface area (Å²) in [6.45, 7) is 9.43. The number of nitrogens with zero attached hydrogens (tertiary/aromatic N) is 1. The maximum atomic E-state index is 4.23. The molecule has 1 N–H and O–H groups in total. The van der Waals surface area contributed by atoms with Crippen molar-refractivity contribution in [1.82, 2.24) is 5.43 Å². The minimum atomic E-state index is 0.573. The Morgan fingerprint density at radius 2 is 2.00 bits per heavy atom. The molecule has 0 aliphatic rings. The summed E-state index contributed by atoms with van der Waals surface area (Å²) in [5.41, 5.74) is 4.22. The largest absolute Gasteiger partial charge is 0.310 e. The van der Waals surface area contributed by atoms with Crippen LogP contribution in [0.25, 0.3) is 0 Å². The first-order valence-corrected chi connectivity index (χ1v) is 4.01. The van der Waals surface area contributed by atoms with Gasteiger partial charge in [0.05, 0.1) is 0 Å². The normalized spacial score (nSPS) is 12.3. The second kappa shape index (κ2) is 5.27. The van der Waals surface area contributed by atoms with Crippen LogP contribution in [0.1, 0.15) is 34.1 Å². The Balaban J connectivity index is 3.79. The highest BCUT2D eigenvalue weighted by molar-refractivity contribution is 5.85. The van der Waals surface area contributed by atoms with E-state index < -0.39 is 0 Å². The van der Waals surface area contributed by atoms with Crippen LogP contribution in [0.4, 0.5) is 0 Å². The third kappa shape index (κ3) is 3.49. The molecule has 0 amide bonds. The van der Waals surface area contributed by atoms with Crippen LogP contribution >= 0.6 is 0 Å². The standard InChI is InChI=1S/C8H18N2/c1-5-8(7(3)4)10-9-6-2/h7,9H,5-6H2,1-4H3/b10-8+. The fraction of sp³-hybridized carbons (Fsp3) is 0.875. The van der Waals surface area contributed by atoms with Crippen molar-refractivity contribution >= 4 is 5.71 Å². The van der Waals surface area contributed by atoms with E-state index in [4.69, 9.17) is 0 Å². The Kier molecular flexibility index (Phi) is 4.99. The van der Waals surface area contributed by atoms with Gasteiger partial charge in [0.15, 0.2) is 0 Å². The molecular weight excluding hydrogens is 124 g/mol. The Morgan fingerprint density at radius 1 is 1.40 bits per heavy atom. The Morgan fingerprint density at radius 3 is 2.30 bits per heavy atom. The Hall–Kier alpha value is -0.530. The first-order chi connectivity index (χ1) is 4.72. The average molecular weight is 142 g/mol. The fourth-order valence-electron chi connectivity index (χ4n) is 0.797. The van der Waals surface area contributed by atoms with Crippen LogP contribution in [0.2, 0.25) is 0 Å². The van der Waals surface area contributed by atoms with Gasteiger partial charge in [-0.05, 0) is 19.3 Å². The van der Waals surface area contributed by atoms with E-state index in [9.17, 15) is 0 Å². The summed E-state index contributed by atoms with van der Waals surface area (Å²) in [7, 11) is 0. The van der Waals surface area contributed by atoms with E-state index in [1.807, 2.05) is 0 Å². The first-order valence-electron chi connectivity index (χ1n) is 4.01. The lowest BCUT2D eigenvalue weighted by molar-refractivity contribution is 0.747. The van der Waals surface area contributed by atoms with E-state index in [-0.39, 0.29) is 0 Å². The lowest BCUT2D eigenvalue weighted by Gasteiger charge is -2.06. The van der Waals surface area contributed by atoms with Gasteiger partial charge in [-0.1, -0.05) is 20.8 Å². The van der Waals surface area contributed by atoms with Crippen LogP contribution in [0.15, 0.2) is 5.10 Å². The second-order valence-corrected chi connectivity index (χ2v) is 2.62. The van der Waals surface area contributed by atoms with Crippen LogP contribution in [-0.2, 0) is 0 Å². The molecule has 0 aliphatic heterocycles. The van der Waals surface area contributed by atoms with Gasteiger partial charge in [0, 0.05) is 12.3 Å². The molecule has 0 rings (SSSR count). The molecule has 0 saturated carbocycles. The van der Waals surface area contributed by atoms with Crippen molar-refractivity contribution in [3.05, 3.63) is 0 Å². The third-order valence-corrected chi connectivity index (χ3v) is 1.41. The zero-order valence-electron chi connectivity index (χ0n) is 7.44. The summed E-state index contributed by atoms with van der Waals surface area (Å²) in [5.74, 6) is 0.573. The van der Waals surface area contributed by atoms with Crippen molar-refractivity contribution in [2.75, 3.05) is 6.54 Å². The number of hydrazone groups is 1. The molecule has 0 bridgehead atoms. The van der Waals surface area contributed by atoms with Gasteiger partial charge in [-0.3, -0.25) is 0 Å². The van der Waals surface area contributed by atoms with Crippen LogP contribution < -0.4 is 5.43 Å². The van der Waals surface area contributed by atoms with Crippen molar-refractivity contribution in [3.63, 3.8) is 0 Å². The average Bonchev–Trinajstić information content (AvgIpc) is 1.89. The summed E-state index contributed by atoms with van der Waals surface area (Å²) in [6.07, 6.45) is 1.05. The van der Waals surface area contributed by atoms with Gasteiger partial charge in [-0.2, -0.15) is 5.10 Å². The second-order valence-electron chi connectivity index (χ2n) is 2.62. The van der Waals surface area contributed by atoms with Crippen molar-refractivity contribution in [3.8, 4) is 0 Å². The molecule has 2 nitrogen and oxygen atoms in total. The van der Waals surface area contributed by atoms with Crippen molar-refractivity contribution in [1.29, 1.82) is 0 Å². The monoisotopic (exact) mass is 142 g/mol. The molecule has 0 spiro atoms. The zero-order valence-corrected chi connectivity index (χ0v) is 7.44. The maximum absolute atomic E-state index is 4.23. The molecule has 0 unspecified atom stereocenters. The molecule has 0 fully saturated rings. The zero-order chi connectivity index (χ0) is 7.98. The van der Waals surface area contributed by atoms with Gasteiger partial charge in [0.25, 0.3) is 0 Å². The molecule has 0 atom stereocenters. The quantitative estimate of drug-likeness (QED) is 0.471. The Labute approximate surface area is 63.7 Å². The summed E-state index contributed by atoms with van der Waals surface area (Å²) in [4.78, 5) is 0. The Bertz CT molecular complexity index is 106. The topological polar surface area (TPSA) is 24.4 Å². The predicted molar refractivity (Wildman–Crippen MR) is 46.2 cm³/mol. The highest BCUT2D eigenvalue weighted by Gasteiger charge is 2.00. The highest BCUT2D eigenvalue weighted by atomic mass is 15.3. The summed E-state index contributed by atoms with van der Waals surface area (Å²) < 4.78 is 0. The molecule has 0 heterocycles. The van der Waals surface area contributed by atoms with Gasteiger partial charge in [-0.15, -0.1) is 0 Å². The molecule has 2 heteroatoms. The molecule has 0 saturated heterocycles. The fourth-order valence-corrected chi connectivity index (χ4v) is 0.797. The van der Waals surface area contributed by atoms with Gasteiger partial charge >= 0.3 is 0 Å². The van der Waals surface area contributed by atoms with Crippen LogP contribution in [0, 0.1) is 5.92 Å². The summed E-state index contributed by atoms with van der Waals surface area (Å²) in [6, 6.07) is 0. The molecule has 0 aliphatic carbocycles. The van der Waals surface area contributed by atoms with E-state index in [1.54, 1.807) is 0 Å². The molecular formula is C8H18N2. The van der Waals surface area contributed by atoms with Gasteiger partial charge in [0.1, 0.15) is 0 Å². The van der Waals surface area contributed by atoms with E-state index in [1.165, 1.54) is 5.71 Å². The smallest absolute Gasteiger partial charge is 0.0400 e. The van der Waals surface area contributed by atoms with Gasteiger partial charge < -0.3 is 5.43 Å².